The lowest BCUT2D eigenvalue weighted by atomic mass is 9.55. The number of oxime groups is 1. The molecule has 0 saturated heterocycles. The number of aliphatic hydroxyl groups excluding tert-OH is 2. The first-order chi connectivity index (χ1) is 30.8. The quantitative estimate of drug-likeness (QED) is 0.0340. The number of rotatable bonds is 21. The first kappa shape index (κ1) is 47.7. The molecule has 15 nitrogen and oxygen atoms in total. The Kier molecular flexibility index (Phi) is 15.9. The second kappa shape index (κ2) is 21.3. The molecule has 0 unspecified atom stereocenters. The Morgan fingerprint density at radius 3 is 2.39 bits per heavy atom. The summed E-state index contributed by atoms with van der Waals surface area (Å²) in [7, 11) is 3.17. The number of carbonyl (C=O) groups is 2. The molecule has 0 radical (unpaired) electrons. The van der Waals surface area contributed by atoms with E-state index >= 15 is 0 Å². The van der Waals surface area contributed by atoms with Crippen molar-refractivity contribution in [2.75, 3.05) is 40.6 Å². The number of nitrogens with zero attached hydrogens (tertiary/aromatic N) is 3. The molecule has 0 aromatic heterocycles. The largest absolute Gasteiger partial charge is 0.496 e. The number of hydrogen-bond acceptors (Lipinski definition) is 13. The number of non-ortho nitro benzene ring substituents is 1. The Balaban J connectivity index is 1.54. The lowest BCUT2D eigenvalue weighted by Gasteiger charge is -2.59. The maximum atomic E-state index is 14.1. The van der Waals surface area contributed by atoms with Crippen molar-refractivity contribution in [3.8, 4) is 23.0 Å². The van der Waals surface area contributed by atoms with Gasteiger partial charge in [-0.1, -0.05) is 50.9 Å². The maximum Gasteiger partial charge on any atom is 0.410 e. The minimum atomic E-state index is -1.49. The molecule has 0 bridgehead atoms. The zero-order chi connectivity index (χ0) is 46.0. The van der Waals surface area contributed by atoms with Crippen LogP contribution in [0.1, 0.15) is 93.1 Å². The summed E-state index contributed by atoms with van der Waals surface area (Å²) in [6.45, 7) is 10.3. The SMILES string of the molecule is C=CCO[C@@]12Oc3ccc(Oc4ccc(OC)c(C=O)c4)cc3[C@H]3[C@H](CCCCO)[C@@H](CCCCO)C=C(C(=NOCc4ccc([N+](=O)[O-])cc4)C[C@@H]1N(C)C(=O)OCC(C)(C)C)[C@H]32. The van der Waals surface area contributed by atoms with E-state index in [0.29, 0.717) is 59.0 Å². The van der Waals surface area contributed by atoms with Gasteiger partial charge >= 0.3 is 6.09 Å². The van der Waals surface area contributed by atoms with Gasteiger partial charge in [0.05, 0.1) is 42.4 Å². The summed E-state index contributed by atoms with van der Waals surface area (Å²) >= 11 is 0. The number of likely N-dealkylation sites (N-methyl/N-ethyl adjacent to an activating group) is 1. The smallest absolute Gasteiger partial charge is 0.410 e. The molecule has 1 amide bonds. The average Bonchev–Trinajstić information content (AvgIpc) is 3.28. The van der Waals surface area contributed by atoms with Gasteiger partial charge in [-0.05, 0) is 103 Å². The fourth-order valence-electron chi connectivity index (χ4n) is 9.20. The maximum absolute atomic E-state index is 14.1. The van der Waals surface area contributed by atoms with Gasteiger partial charge in [-0.15, -0.1) is 6.58 Å². The predicted octanol–water partition coefficient (Wildman–Crippen LogP) is 9.16. The van der Waals surface area contributed by atoms with Gasteiger partial charge in [0.2, 0.25) is 5.79 Å². The van der Waals surface area contributed by atoms with Gasteiger partial charge in [0.25, 0.3) is 5.69 Å². The second-order valence-corrected chi connectivity index (χ2v) is 17.8. The molecule has 2 N–H and O–H groups in total. The van der Waals surface area contributed by atoms with Crippen LogP contribution in [0.5, 0.6) is 23.0 Å². The molecule has 1 aliphatic heterocycles. The van der Waals surface area contributed by atoms with Crippen molar-refractivity contribution in [2.24, 2.45) is 28.3 Å². The number of amides is 1. The molecule has 1 heterocycles. The molecule has 6 atom stereocenters. The van der Waals surface area contributed by atoms with E-state index in [9.17, 15) is 29.9 Å². The van der Waals surface area contributed by atoms with Crippen LogP contribution < -0.4 is 14.2 Å². The van der Waals surface area contributed by atoms with Crippen LogP contribution in [0.3, 0.4) is 0 Å². The van der Waals surface area contributed by atoms with Crippen LogP contribution in [0.15, 0.2) is 90.1 Å². The van der Waals surface area contributed by atoms with Gasteiger partial charge in [-0.25, -0.2) is 4.79 Å². The number of aliphatic hydroxyl groups is 2. The fraction of sp³-hybridized carbons (Fsp3) is 0.490. The van der Waals surface area contributed by atoms with Crippen LogP contribution in [0.25, 0.3) is 0 Å². The van der Waals surface area contributed by atoms with Crippen molar-refractivity contribution in [1.82, 2.24) is 4.90 Å². The number of fused-ring (bicyclic) bond motifs is 2. The Morgan fingerprint density at radius 1 is 1.03 bits per heavy atom. The molecule has 6 rings (SSSR count). The summed E-state index contributed by atoms with van der Waals surface area (Å²) in [5.74, 6) is -0.551. The van der Waals surface area contributed by atoms with E-state index in [4.69, 9.17) is 33.7 Å². The molecule has 1 fully saturated rings. The number of nitro benzene ring substituents is 1. The Labute approximate surface area is 374 Å². The molecular weight excluding hydrogens is 823 g/mol. The number of hydrogen-bond donors (Lipinski definition) is 2. The van der Waals surface area contributed by atoms with Crippen molar-refractivity contribution < 1.29 is 53.2 Å². The van der Waals surface area contributed by atoms with Crippen LogP contribution in [0.4, 0.5) is 10.5 Å². The third kappa shape index (κ3) is 10.8. The molecule has 344 valence electrons. The van der Waals surface area contributed by atoms with Gasteiger partial charge < -0.3 is 43.6 Å². The first-order valence-electron chi connectivity index (χ1n) is 21.9. The van der Waals surface area contributed by atoms with E-state index in [2.05, 4.69) is 12.7 Å². The summed E-state index contributed by atoms with van der Waals surface area (Å²) in [5, 5.41) is 36.0. The Morgan fingerprint density at radius 2 is 1.73 bits per heavy atom. The summed E-state index contributed by atoms with van der Waals surface area (Å²) < 4.78 is 31.9. The standard InChI is InChI=1S/C49H61N3O12/c1-7-24-61-49-44(51(5)47(56)60-31-48(2,3)4)28-41(50-62-30-32-14-16-35(17-15-32)52(57)58)39-26-33(12-8-10-22-53)38(13-9-11-23-54)45(46(39)49)40-27-37(19-21-43(40)64-49)63-36-18-20-42(59-6)34(25-36)29-55/h7,14-21,25-27,29,33,38,44-46,53-54H,1,8-13,22-24,28,30-31H2,2-6H3/t33-,38+,44-,45+,46+,49+/m0/s1. The number of carbonyl (C=O) groups excluding carboxylic acids is 2. The highest BCUT2D eigenvalue weighted by atomic mass is 16.7. The van der Waals surface area contributed by atoms with Gasteiger partial charge in [-0.3, -0.25) is 14.9 Å². The van der Waals surface area contributed by atoms with E-state index in [0.717, 1.165) is 36.8 Å². The molecule has 1 saturated carbocycles. The van der Waals surface area contributed by atoms with Crippen molar-refractivity contribution in [3.05, 3.63) is 112 Å². The molecule has 64 heavy (non-hydrogen) atoms. The van der Waals surface area contributed by atoms with Crippen molar-refractivity contribution in [1.29, 1.82) is 0 Å². The average molecular weight is 884 g/mol. The van der Waals surface area contributed by atoms with E-state index < -0.39 is 28.8 Å². The fourth-order valence-corrected chi connectivity index (χ4v) is 9.20. The molecule has 2 aliphatic carbocycles. The number of allylic oxidation sites excluding steroid dienone is 1. The summed E-state index contributed by atoms with van der Waals surface area (Å²) in [6.07, 6.45) is 8.38. The number of methoxy groups -OCH3 is 1. The third-order valence-corrected chi connectivity index (χ3v) is 12.1. The normalized spacial score (nSPS) is 22.8. The van der Waals surface area contributed by atoms with Crippen molar-refractivity contribution in [2.45, 2.75) is 90.1 Å². The highest BCUT2D eigenvalue weighted by molar-refractivity contribution is 6.03. The number of aldehydes is 1. The summed E-state index contributed by atoms with van der Waals surface area (Å²) in [5.41, 5.74) is 2.92. The third-order valence-electron chi connectivity index (χ3n) is 12.1. The zero-order valence-corrected chi connectivity index (χ0v) is 37.4. The van der Waals surface area contributed by atoms with Gasteiger partial charge in [0.15, 0.2) is 6.29 Å². The predicted molar refractivity (Wildman–Crippen MR) is 240 cm³/mol. The minimum Gasteiger partial charge on any atom is -0.496 e. The van der Waals surface area contributed by atoms with Gasteiger partial charge in [0, 0.05) is 50.3 Å². The zero-order valence-electron chi connectivity index (χ0n) is 37.4. The first-order valence-corrected chi connectivity index (χ1v) is 21.9. The Hall–Kier alpha value is -5.77. The van der Waals surface area contributed by atoms with Gasteiger partial charge in [0.1, 0.15) is 35.6 Å². The molecule has 3 aliphatic rings. The van der Waals surface area contributed by atoms with Crippen molar-refractivity contribution >= 4 is 23.8 Å². The number of nitro groups is 1. The second-order valence-electron chi connectivity index (χ2n) is 17.8. The van der Waals surface area contributed by atoms with Gasteiger partial charge in [-0.2, -0.15) is 0 Å². The monoisotopic (exact) mass is 883 g/mol. The Bertz CT molecular complexity index is 2180. The summed E-state index contributed by atoms with van der Waals surface area (Å²) in [6, 6.07) is 15.9. The lowest BCUT2D eigenvalue weighted by molar-refractivity contribution is -0.384. The highest BCUT2D eigenvalue weighted by Crippen LogP contribution is 2.62. The van der Waals surface area contributed by atoms with Crippen LogP contribution in [0, 0.1) is 33.3 Å². The van der Waals surface area contributed by atoms with Crippen LogP contribution >= 0.6 is 0 Å². The minimum absolute atomic E-state index is 0.0169. The van der Waals surface area contributed by atoms with E-state index in [-0.39, 0.29) is 68.3 Å². The molecule has 3 aromatic rings. The number of benzene rings is 3. The van der Waals surface area contributed by atoms with Crippen LogP contribution in [-0.4, -0.2) is 90.5 Å². The molecule has 3 aromatic carbocycles. The number of unbranched alkanes of at least 4 members (excludes halogenated alkanes) is 2. The topological polar surface area (TPSA) is 189 Å². The van der Waals surface area contributed by atoms with Crippen LogP contribution in [-0.2, 0) is 20.9 Å². The van der Waals surface area contributed by atoms with E-state index in [1.807, 2.05) is 32.9 Å². The van der Waals surface area contributed by atoms with Crippen LogP contribution in [0.2, 0.25) is 0 Å². The molecule has 0 spiro atoms. The lowest BCUT2D eigenvalue weighted by Crippen LogP contribution is -2.69. The number of ether oxygens (including phenoxy) is 5. The summed E-state index contributed by atoms with van der Waals surface area (Å²) in [4.78, 5) is 44.6. The van der Waals surface area contributed by atoms with E-state index in [1.165, 1.54) is 24.1 Å². The molecular formula is C49H61N3O12. The molecule has 15 heteroatoms. The highest BCUT2D eigenvalue weighted by Gasteiger charge is 2.65. The van der Waals surface area contributed by atoms with Crippen molar-refractivity contribution in [3.63, 3.8) is 0 Å². The van der Waals surface area contributed by atoms with E-state index in [1.54, 1.807) is 49.5 Å².